The summed E-state index contributed by atoms with van der Waals surface area (Å²) in [7, 11) is -7.69. The van der Waals surface area contributed by atoms with Gasteiger partial charge in [-0.05, 0) is 24.1 Å². The van der Waals surface area contributed by atoms with E-state index >= 15 is 0 Å². The summed E-state index contributed by atoms with van der Waals surface area (Å²) in [6, 6.07) is 1.80. The van der Waals surface area contributed by atoms with E-state index in [2.05, 4.69) is 0 Å². The van der Waals surface area contributed by atoms with Crippen molar-refractivity contribution >= 4 is 20.1 Å². The molecule has 0 spiro atoms. The summed E-state index contributed by atoms with van der Waals surface area (Å²) in [4.78, 5) is -1.20. The van der Waals surface area contributed by atoms with Crippen LogP contribution < -0.4 is 9.88 Å². The first-order valence-corrected chi connectivity index (χ1v) is 7.92. The molecule has 0 aliphatic rings. The summed E-state index contributed by atoms with van der Waals surface area (Å²) in [5.41, 5.74) is 0.0225. The van der Waals surface area contributed by atoms with Crippen molar-refractivity contribution in [2.75, 3.05) is 13.7 Å². The molecular formula is C9H13NO7S2. The van der Waals surface area contributed by atoms with Crippen LogP contribution in [0.25, 0.3) is 0 Å². The lowest BCUT2D eigenvalue weighted by molar-refractivity contribution is 0.298. The number of aliphatic hydroxyl groups is 1. The predicted molar refractivity (Wildman–Crippen MR) is 65.0 cm³/mol. The van der Waals surface area contributed by atoms with Gasteiger partial charge in [0.2, 0.25) is 10.0 Å². The normalized spacial score (nSPS) is 12.4. The van der Waals surface area contributed by atoms with Crippen molar-refractivity contribution in [1.82, 2.24) is 0 Å². The van der Waals surface area contributed by atoms with Crippen molar-refractivity contribution in [2.45, 2.75) is 16.2 Å². The SMILES string of the molecule is COc1cc(CCO)c(S(=O)(=O)O)cc1S(N)(=O)=O. The second kappa shape index (κ2) is 5.43. The molecule has 1 aromatic carbocycles. The van der Waals surface area contributed by atoms with Crippen LogP contribution in [0.5, 0.6) is 5.75 Å². The van der Waals surface area contributed by atoms with Gasteiger partial charge in [-0.25, -0.2) is 13.6 Å². The highest BCUT2D eigenvalue weighted by molar-refractivity contribution is 7.89. The van der Waals surface area contributed by atoms with E-state index in [0.717, 1.165) is 6.07 Å². The zero-order valence-electron chi connectivity index (χ0n) is 9.90. The van der Waals surface area contributed by atoms with E-state index in [9.17, 15) is 16.8 Å². The second-order valence-electron chi connectivity index (χ2n) is 3.60. The molecule has 0 saturated carbocycles. The lowest BCUT2D eigenvalue weighted by Gasteiger charge is -2.12. The minimum absolute atomic E-state index is 0.0225. The Morgan fingerprint density at radius 1 is 1.21 bits per heavy atom. The van der Waals surface area contributed by atoms with Crippen molar-refractivity contribution in [3.8, 4) is 5.75 Å². The van der Waals surface area contributed by atoms with Gasteiger partial charge in [0.1, 0.15) is 10.6 Å². The fourth-order valence-electron chi connectivity index (χ4n) is 1.52. The van der Waals surface area contributed by atoms with Gasteiger partial charge in [-0.3, -0.25) is 4.55 Å². The molecule has 0 unspecified atom stereocenters. The largest absolute Gasteiger partial charge is 0.495 e. The summed E-state index contributed by atoms with van der Waals surface area (Å²) >= 11 is 0. The Balaban J connectivity index is 3.72. The van der Waals surface area contributed by atoms with Crippen molar-refractivity contribution in [1.29, 1.82) is 0 Å². The Morgan fingerprint density at radius 2 is 1.79 bits per heavy atom. The Kier molecular flexibility index (Phi) is 4.53. The standard InChI is InChI=1S/C9H13NO7S2/c1-17-7-4-6(2-3-11)8(19(14,15)16)5-9(7)18(10,12)13/h4-5,11H,2-3H2,1H3,(H2,10,12,13)(H,14,15,16). The number of primary sulfonamides is 1. The van der Waals surface area contributed by atoms with E-state index < -0.39 is 29.9 Å². The highest BCUT2D eigenvalue weighted by Gasteiger charge is 2.23. The quantitative estimate of drug-likeness (QED) is 0.599. The lowest BCUT2D eigenvalue weighted by atomic mass is 10.1. The summed E-state index contributed by atoms with van der Waals surface area (Å²) in [6.07, 6.45) is -0.101. The van der Waals surface area contributed by atoms with Crippen LogP contribution in [0.4, 0.5) is 0 Å². The number of ether oxygens (including phenoxy) is 1. The van der Waals surface area contributed by atoms with Gasteiger partial charge in [0.05, 0.1) is 12.0 Å². The van der Waals surface area contributed by atoms with E-state index in [-0.39, 0.29) is 24.3 Å². The molecule has 8 nitrogen and oxygen atoms in total. The average molecular weight is 311 g/mol. The molecule has 0 radical (unpaired) electrons. The number of hydrogen-bond donors (Lipinski definition) is 3. The van der Waals surface area contributed by atoms with Crippen LogP contribution in [-0.2, 0) is 26.6 Å². The first-order chi connectivity index (χ1) is 8.61. The number of aliphatic hydroxyl groups excluding tert-OH is 1. The molecule has 1 aromatic rings. The summed E-state index contributed by atoms with van der Waals surface area (Å²) in [5.74, 6) is -0.168. The third-order valence-corrected chi connectivity index (χ3v) is 4.18. The number of nitrogens with two attached hydrogens (primary N) is 1. The van der Waals surface area contributed by atoms with Gasteiger partial charge in [0.15, 0.2) is 0 Å². The molecule has 0 bridgehead atoms. The van der Waals surface area contributed by atoms with Crippen LogP contribution in [0.3, 0.4) is 0 Å². The molecular weight excluding hydrogens is 298 g/mol. The van der Waals surface area contributed by atoms with Crippen LogP contribution in [-0.4, -0.2) is 40.2 Å². The molecule has 0 aromatic heterocycles. The first-order valence-electron chi connectivity index (χ1n) is 4.93. The number of methoxy groups -OCH3 is 1. The Labute approximate surface area is 110 Å². The zero-order valence-corrected chi connectivity index (χ0v) is 11.5. The van der Waals surface area contributed by atoms with Crippen LogP contribution in [0, 0.1) is 0 Å². The molecule has 0 atom stereocenters. The molecule has 19 heavy (non-hydrogen) atoms. The topological polar surface area (TPSA) is 144 Å². The van der Waals surface area contributed by atoms with Crippen molar-refractivity contribution < 1.29 is 31.2 Å². The Hall–Kier alpha value is -1.20. The van der Waals surface area contributed by atoms with Crippen molar-refractivity contribution in [2.24, 2.45) is 5.14 Å². The Morgan fingerprint density at radius 3 is 2.16 bits per heavy atom. The predicted octanol–water partition coefficient (Wildman–Crippen LogP) is -0.876. The van der Waals surface area contributed by atoms with E-state index in [1.807, 2.05) is 0 Å². The molecule has 0 fully saturated rings. The van der Waals surface area contributed by atoms with Crippen LogP contribution >= 0.6 is 0 Å². The molecule has 10 heteroatoms. The minimum atomic E-state index is -4.65. The maximum absolute atomic E-state index is 11.3. The van der Waals surface area contributed by atoms with Gasteiger partial charge in [-0.2, -0.15) is 8.42 Å². The molecule has 4 N–H and O–H groups in total. The molecule has 0 aliphatic carbocycles. The lowest BCUT2D eigenvalue weighted by Crippen LogP contribution is -2.16. The van der Waals surface area contributed by atoms with Gasteiger partial charge in [-0.1, -0.05) is 0 Å². The molecule has 1 rings (SSSR count). The Bertz CT molecular complexity index is 679. The van der Waals surface area contributed by atoms with Crippen molar-refractivity contribution in [3.05, 3.63) is 17.7 Å². The summed E-state index contributed by atoms with van der Waals surface area (Å²) in [5, 5.41) is 13.8. The van der Waals surface area contributed by atoms with Gasteiger partial charge < -0.3 is 9.84 Å². The highest BCUT2D eigenvalue weighted by Crippen LogP contribution is 2.29. The monoisotopic (exact) mass is 311 g/mol. The smallest absolute Gasteiger partial charge is 0.294 e. The second-order valence-corrected chi connectivity index (χ2v) is 6.52. The van der Waals surface area contributed by atoms with Gasteiger partial charge in [0.25, 0.3) is 10.1 Å². The maximum Gasteiger partial charge on any atom is 0.294 e. The van der Waals surface area contributed by atoms with E-state index in [0.29, 0.717) is 6.07 Å². The minimum Gasteiger partial charge on any atom is -0.495 e. The maximum atomic E-state index is 11.3. The van der Waals surface area contributed by atoms with Crippen LogP contribution in [0.1, 0.15) is 5.56 Å². The number of benzene rings is 1. The summed E-state index contributed by atoms with van der Waals surface area (Å²) < 4.78 is 58.9. The van der Waals surface area contributed by atoms with Crippen molar-refractivity contribution in [3.63, 3.8) is 0 Å². The first kappa shape index (κ1) is 15.9. The number of hydrogen-bond acceptors (Lipinski definition) is 6. The molecule has 0 heterocycles. The van der Waals surface area contributed by atoms with Crippen LogP contribution in [0.15, 0.2) is 21.9 Å². The van der Waals surface area contributed by atoms with E-state index in [1.165, 1.54) is 7.11 Å². The third-order valence-electron chi connectivity index (χ3n) is 2.31. The van der Waals surface area contributed by atoms with Gasteiger partial charge in [-0.15, -0.1) is 0 Å². The van der Waals surface area contributed by atoms with Gasteiger partial charge in [0, 0.05) is 6.61 Å². The molecule has 0 saturated heterocycles. The number of rotatable bonds is 5. The van der Waals surface area contributed by atoms with Gasteiger partial charge >= 0.3 is 0 Å². The fraction of sp³-hybridized carbons (Fsp3) is 0.333. The molecule has 0 amide bonds. The van der Waals surface area contributed by atoms with Crippen LogP contribution in [0.2, 0.25) is 0 Å². The highest BCUT2D eigenvalue weighted by atomic mass is 32.2. The summed E-state index contributed by atoms with van der Waals surface area (Å²) in [6.45, 7) is -0.388. The number of sulfonamides is 1. The average Bonchev–Trinajstić information content (AvgIpc) is 2.25. The van der Waals surface area contributed by atoms with E-state index in [1.54, 1.807) is 0 Å². The zero-order chi connectivity index (χ0) is 14.8. The molecule has 108 valence electrons. The van der Waals surface area contributed by atoms with E-state index in [4.69, 9.17) is 19.5 Å². The fourth-order valence-corrected chi connectivity index (χ4v) is 3.06. The third kappa shape index (κ3) is 3.64. The molecule has 0 aliphatic heterocycles.